The number of allylic oxidation sites excluding steroid dienone is 6. The number of phosphoric ester groups is 1. The molecule has 0 spiro atoms. The van der Waals surface area contributed by atoms with Crippen molar-refractivity contribution in [2.24, 2.45) is 0 Å². The maximum absolute atomic E-state index is 13.0. The van der Waals surface area contributed by atoms with Crippen LogP contribution in [0.4, 0.5) is 0 Å². The minimum absolute atomic E-state index is 0.171. The van der Waals surface area contributed by atoms with Gasteiger partial charge in [-0.2, -0.15) is 0 Å². The Morgan fingerprint density at radius 3 is 0.987 bits per heavy atom. The normalized spacial score (nSPS) is 13.4. The van der Waals surface area contributed by atoms with Crippen molar-refractivity contribution in [3.05, 3.63) is 36.5 Å². The summed E-state index contributed by atoms with van der Waals surface area (Å²) in [7, 11) is -4.75. The van der Waals surface area contributed by atoms with Gasteiger partial charge >= 0.3 is 25.7 Å². The number of unbranched alkanes of at least 4 members (excludes halogenated alkanes) is 39. The van der Waals surface area contributed by atoms with Crippen LogP contribution in [-0.2, 0) is 42.2 Å². The van der Waals surface area contributed by atoms with E-state index in [-0.39, 0.29) is 25.9 Å². The molecular formula is C66H123O11P. The second-order valence-corrected chi connectivity index (χ2v) is 23.7. The Morgan fingerprint density at radius 2 is 0.628 bits per heavy atom. The molecule has 3 unspecified atom stereocenters. The SMILES string of the molecule is CCCCC/C=C\C/C=C\CCCCCCCCCC(=O)OC(CO)COP(=O)(O)OCC(COC(=O)CCCCCCC/C=C\CCCCCCCC)OC(=O)CCCCCCCCCCCCCCCCCCCCC. The van der Waals surface area contributed by atoms with E-state index in [2.05, 4.69) is 57.2 Å². The molecule has 0 amide bonds. The topological polar surface area (TPSA) is 155 Å². The van der Waals surface area contributed by atoms with Crippen LogP contribution in [0.1, 0.15) is 329 Å². The van der Waals surface area contributed by atoms with Gasteiger partial charge in [0.2, 0.25) is 0 Å². The van der Waals surface area contributed by atoms with Crippen molar-refractivity contribution >= 4 is 25.7 Å². The van der Waals surface area contributed by atoms with Gasteiger partial charge in [0.15, 0.2) is 6.10 Å². The number of hydrogen-bond donors (Lipinski definition) is 2. The van der Waals surface area contributed by atoms with Crippen LogP contribution in [0.2, 0.25) is 0 Å². The minimum Gasteiger partial charge on any atom is -0.462 e. The van der Waals surface area contributed by atoms with E-state index in [0.29, 0.717) is 19.3 Å². The molecule has 0 fully saturated rings. The summed E-state index contributed by atoms with van der Waals surface area (Å²) in [5, 5.41) is 9.85. The fourth-order valence-electron chi connectivity index (χ4n) is 9.50. The van der Waals surface area contributed by atoms with E-state index in [0.717, 1.165) is 96.3 Å². The smallest absolute Gasteiger partial charge is 0.462 e. The first-order valence-electron chi connectivity index (χ1n) is 32.9. The highest BCUT2D eigenvalue weighted by Gasteiger charge is 2.28. The van der Waals surface area contributed by atoms with E-state index in [9.17, 15) is 28.9 Å². The van der Waals surface area contributed by atoms with E-state index in [1.807, 2.05) is 0 Å². The van der Waals surface area contributed by atoms with Crippen molar-refractivity contribution in [3.63, 3.8) is 0 Å². The minimum atomic E-state index is -4.75. The number of carbonyl (C=O) groups is 3. The summed E-state index contributed by atoms with van der Waals surface area (Å²) in [6.07, 6.45) is 65.2. The third-order valence-corrected chi connectivity index (χ3v) is 15.5. The average molecular weight is 1120 g/mol. The largest absolute Gasteiger partial charge is 0.472 e. The Hall–Kier alpha value is -2.30. The van der Waals surface area contributed by atoms with Crippen LogP contribution in [0.15, 0.2) is 36.5 Å². The quantitative estimate of drug-likeness (QED) is 0.0197. The number of ether oxygens (including phenoxy) is 3. The zero-order valence-corrected chi connectivity index (χ0v) is 51.8. The number of esters is 3. The molecule has 0 aliphatic rings. The molecule has 0 rings (SSSR count). The summed E-state index contributed by atoms with van der Waals surface area (Å²) in [6.45, 7) is 4.67. The van der Waals surface area contributed by atoms with E-state index in [1.54, 1.807) is 0 Å². The molecule has 0 aliphatic heterocycles. The second kappa shape index (κ2) is 60.8. The Bertz CT molecular complexity index is 1450. The third kappa shape index (κ3) is 58.4. The van der Waals surface area contributed by atoms with Gasteiger partial charge in [-0.1, -0.05) is 269 Å². The lowest BCUT2D eigenvalue weighted by molar-refractivity contribution is -0.161. The molecule has 0 aliphatic carbocycles. The van der Waals surface area contributed by atoms with E-state index < -0.39 is 57.8 Å². The molecule has 3 atom stereocenters. The van der Waals surface area contributed by atoms with Crippen LogP contribution >= 0.6 is 7.82 Å². The number of carbonyl (C=O) groups excluding carboxylic acids is 3. The fraction of sp³-hybridized carbons (Fsp3) is 0.864. The third-order valence-electron chi connectivity index (χ3n) is 14.5. The lowest BCUT2D eigenvalue weighted by Crippen LogP contribution is -2.30. The van der Waals surface area contributed by atoms with Crippen LogP contribution in [0.5, 0.6) is 0 Å². The zero-order valence-electron chi connectivity index (χ0n) is 50.9. The predicted octanol–water partition coefficient (Wildman–Crippen LogP) is 19.9. The van der Waals surface area contributed by atoms with Gasteiger partial charge in [-0.3, -0.25) is 23.4 Å². The molecule has 0 radical (unpaired) electrons. The van der Waals surface area contributed by atoms with Gasteiger partial charge < -0.3 is 24.2 Å². The predicted molar refractivity (Wildman–Crippen MR) is 326 cm³/mol. The molecule has 0 saturated heterocycles. The zero-order chi connectivity index (χ0) is 56.9. The summed E-state index contributed by atoms with van der Waals surface area (Å²) in [6, 6.07) is 0. The molecular weight excluding hydrogens is 1000 g/mol. The van der Waals surface area contributed by atoms with Crippen LogP contribution in [0.3, 0.4) is 0 Å². The Balaban J connectivity index is 4.66. The summed E-state index contributed by atoms with van der Waals surface area (Å²) in [5.41, 5.74) is 0. The van der Waals surface area contributed by atoms with Crippen molar-refractivity contribution in [1.29, 1.82) is 0 Å². The van der Waals surface area contributed by atoms with Crippen molar-refractivity contribution in [1.82, 2.24) is 0 Å². The molecule has 12 heteroatoms. The maximum atomic E-state index is 13.0. The van der Waals surface area contributed by atoms with Gasteiger partial charge in [0.25, 0.3) is 0 Å². The van der Waals surface area contributed by atoms with Gasteiger partial charge in [0.1, 0.15) is 12.7 Å². The number of aliphatic hydroxyl groups excluding tert-OH is 1. The van der Waals surface area contributed by atoms with Crippen LogP contribution < -0.4 is 0 Å². The van der Waals surface area contributed by atoms with Gasteiger partial charge in [0.05, 0.1) is 19.8 Å². The molecule has 0 saturated carbocycles. The van der Waals surface area contributed by atoms with E-state index >= 15 is 0 Å². The van der Waals surface area contributed by atoms with E-state index in [1.165, 1.54) is 173 Å². The first-order chi connectivity index (χ1) is 38.2. The Kier molecular flexibility index (Phi) is 59.0. The molecule has 0 aromatic carbocycles. The van der Waals surface area contributed by atoms with Crippen molar-refractivity contribution in [3.8, 4) is 0 Å². The van der Waals surface area contributed by atoms with Crippen molar-refractivity contribution in [2.75, 3.05) is 26.4 Å². The molecule has 458 valence electrons. The van der Waals surface area contributed by atoms with Crippen LogP contribution in [0.25, 0.3) is 0 Å². The highest BCUT2D eigenvalue weighted by Crippen LogP contribution is 2.43. The molecule has 2 N–H and O–H groups in total. The van der Waals surface area contributed by atoms with E-state index in [4.69, 9.17) is 23.3 Å². The fourth-order valence-corrected chi connectivity index (χ4v) is 10.3. The van der Waals surface area contributed by atoms with Gasteiger partial charge in [-0.15, -0.1) is 0 Å². The van der Waals surface area contributed by atoms with Crippen LogP contribution in [-0.4, -0.2) is 66.5 Å². The summed E-state index contributed by atoms with van der Waals surface area (Å²) in [5.74, 6) is -1.45. The number of hydrogen-bond acceptors (Lipinski definition) is 10. The first kappa shape index (κ1) is 75.7. The average Bonchev–Trinajstić information content (AvgIpc) is 3.43. The maximum Gasteiger partial charge on any atom is 0.472 e. The lowest BCUT2D eigenvalue weighted by Gasteiger charge is -2.21. The molecule has 11 nitrogen and oxygen atoms in total. The molecule has 0 aromatic rings. The van der Waals surface area contributed by atoms with Gasteiger partial charge in [-0.05, 0) is 77.0 Å². The molecule has 0 aromatic heterocycles. The second-order valence-electron chi connectivity index (χ2n) is 22.3. The van der Waals surface area contributed by atoms with Gasteiger partial charge in [0, 0.05) is 19.3 Å². The highest BCUT2D eigenvalue weighted by molar-refractivity contribution is 7.47. The molecule has 0 bridgehead atoms. The summed E-state index contributed by atoms with van der Waals surface area (Å²) >= 11 is 0. The van der Waals surface area contributed by atoms with Gasteiger partial charge in [-0.25, -0.2) is 4.57 Å². The Labute approximate surface area is 480 Å². The highest BCUT2D eigenvalue weighted by atomic mass is 31.2. The van der Waals surface area contributed by atoms with Crippen LogP contribution in [0, 0.1) is 0 Å². The van der Waals surface area contributed by atoms with Crippen molar-refractivity contribution < 1.29 is 52.2 Å². The standard InChI is InChI=1S/C66H123O11P/c1-4-7-10-13-16-19-22-25-28-30-31-33-36-39-42-45-48-51-54-57-66(70)77-63(59-73-64(68)55-52-49-46-43-40-37-34-27-24-21-18-15-12-9-6-3)61-75-78(71,72)74-60-62(58-67)76-65(69)56-53-50-47-44-41-38-35-32-29-26-23-20-17-14-11-8-5-2/h17,20,26-27,29,34,62-63,67H,4-16,18-19,21-25,28,30-33,35-61H2,1-3H3,(H,71,72)/b20-17-,29-26-,34-27-. The monoisotopic (exact) mass is 1120 g/mol. The number of aliphatic hydroxyl groups is 1. The summed E-state index contributed by atoms with van der Waals surface area (Å²) in [4.78, 5) is 48.8. The summed E-state index contributed by atoms with van der Waals surface area (Å²) < 4.78 is 39.7. The van der Waals surface area contributed by atoms with Crippen molar-refractivity contribution in [2.45, 2.75) is 341 Å². The lowest BCUT2D eigenvalue weighted by atomic mass is 10.0. The first-order valence-corrected chi connectivity index (χ1v) is 34.4. The number of phosphoric acid groups is 1. The molecule has 0 heterocycles. The molecule has 78 heavy (non-hydrogen) atoms. The Morgan fingerprint density at radius 1 is 0.359 bits per heavy atom. The number of rotatable bonds is 62.